The van der Waals surface area contributed by atoms with Crippen LogP contribution in [0.25, 0.3) is 11.1 Å². The monoisotopic (exact) mass is 637 g/mol. The predicted octanol–water partition coefficient (Wildman–Crippen LogP) is 3.73. The summed E-state index contributed by atoms with van der Waals surface area (Å²) < 4.78 is 31.3. The van der Waals surface area contributed by atoms with E-state index in [2.05, 4.69) is 10.6 Å². The maximum Gasteiger partial charge on any atom is 0.330 e. The molecule has 2 aliphatic rings. The van der Waals surface area contributed by atoms with E-state index in [1.54, 1.807) is 22.4 Å². The molecule has 1 aromatic heterocycles. The molecule has 0 aliphatic carbocycles. The first kappa shape index (κ1) is 32.1. The van der Waals surface area contributed by atoms with Gasteiger partial charge in [0.05, 0.1) is 31.1 Å². The third-order valence-corrected chi connectivity index (χ3v) is 8.71. The Morgan fingerprint density at radius 1 is 1.09 bits per heavy atom. The van der Waals surface area contributed by atoms with Gasteiger partial charge in [-0.3, -0.25) is 14.4 Å². The van der Waals surface area contributed by atoms with E-state index >= 15 is 0 Å². The number of methoxy groups -OCH3 is 1. The van der Waals surface area contributed by atoms with Crippen molar-refractivity contribution >= 4 is 35.0 Å². The van der Waals surface area contributed by atoms with Gasteiger partial charge in [-0.2, -0.15) is 0 Å². The van der Waals surface area contributed by atoms with Crippen molar-refractivity contribution < 1.29 is 37.8 Å². The van der Waals surface area contributed by atoms with E-state index in [0.29, 0.717) is 41.8 Å². The van der Waals surface area contributed by atoms with Crippen molar-refractivity contribution in [3.05, 3.63) is 76.2 Å². The molecule has 3 heterocycles. The number of nitrogens with zero attached hydrogens (tertiary/aromatic N) is 1. The van der Waals surface area contributed by atoms with Crippen LogP contribution in [0.15, 0.2) is 60.0 Å². The van der Waals surface area contributed by atoms with E-state index in [1.807, 2.05) is 30.3 Å². The van der Waals surface area contributed by atoms with Crippen LogP contribution >= 0.6 is 11.3 Å². The highest BCUT2D eigenvalue weighted by atomic mass is 32.1. The van der Waals surface area contributed by atoms with E-state index in [0.717, 1.165) is 16.9 Å². The maximum absolute atomic E-state index is 14.7. The molecule has 3 amide bonds. The molecule has 0 spiro atoms. The van der Waals surface area contributed by atoms with Gasteiger partial charge in [-0.1, -0.05) is 30.3 Å². The zero-order valence-electron chi connectivity index (χ0n) is 25.0. The molecule has 1 saturated heterocycles. The molecule has 45 heavy (non-hydrogen) atoms. The number of hydrogen-bond donors (Lipinski definition) is 2. The Balaban J connectivity index is 1.34. The third-order valence-electron chi connectivity index (χ3n) is 7.78. The van der Waals surface area contributed by atoms with Crippen molar-refractivity contribution in [3.63, 3.8) is 0 Å². The first-order valence-electron chi connectivity index (χ1n) is 14.9. The molecule has 12 heteroatoms. The predicted molar refractivity (Wildman–Crippen MR) is 165 cm³/mol. The molecule has 0 saturated carbocycles. The van der Waals surface area contributed by atoms with Crippen LogP contribution in [0, 0.1) is 5.82 Å². The minimum atomic E-state index is -1.02. The summed E-state index contributed by atoms with van der Waals surface area (Å²) in [6.45, 7) is 0.657. The van der Waals surface area contributed by atoms with Gasteiger partial charge >= 0.3 is 5.97 Å². The number of carbonyl (C=O) groups is 4. The molecule has 238 valence electrons. The molecule has 2 aromatic carbocycles. The molecule has 3 atom stereocenters. The lowest BCUT2D eigenvalue weighted by atomic mass is 10.1. The van der Waals surface area contributed by atoms with Gasteiger partial charge < -0.3 is 29.7 Å². The molecule has 3 aromatic rings. The first-order chi connectivity index (χ1) is 21.8. The summed E-state index contributed by atoms with van der Waals surface area (Å²) in [5, 5.41) is 7.43. The Bertz CT molecular complexity index is 1510. The zero-order valence-corrected chi connectivity index (χ0v) is 25.8. The second kappa shape index (κ2) is 15.1. The van der Waals surface area contributed by atoms with E-state index in [9.17, 15) is 23.6 Å². The van der Waals surface area contributed by atoms with Crippen molar-refractivity contribution in [1.82, 2.24) is 15.5 Å². The van der Waals surface area contributed by atoms with Gasteiger partial charge in [0.25, 0.3) is 5.91 Å². The molecule has 2 N–H and O–H groups in total. The molecular weight excluding hydrogens is 601 g/mol. The second-order valence-electron chi connectivity index (χ2n) is 11.1. The topological polar surface area (TPSA) is 123 Å². The van der Waals surface area contributed by atoms with Gasteiger partial charge in [0.2, 0.25) is 11.8 Å². The minimum absolute atomic E-state index is 0.0803. The number of thiophene rings is 1. The summed E-state index contributed by atoms with van der Waals surface area (Å²) in [5.74, 6) is -1.57. The lowest BCUT2D eigenvalue weighted by molar-refractivity contribution is -0.144. The van der Waals surface area contributed by atoms with Crippen LogP contribution in [0.5, 0.6) is 5.75 Å². The minimum Gasteiger partial charge on any atom is -0.491 e. The Morgan fingerprint density at radius 3 is 2.71 bits per heavy atom. The van der Waals surface area contributed by atoms with Crippen LogP contribution in [0.1, 0.15) is 40.9 Å². The van der Waals surface area contributed by atoms with E-state index in [-0.39, 0.29) is 62.3 Å². The Hall–Kier alpha value is -4.29. The fourth-order valence-electron chi connectivity index (χ4n) is 5.52. The average molecular weight is 638 g/mol. The fourth-order valence-corrected chi connectivity index (χ4v) is 6.34. The van der Waals surface area contributed by atoms with E-state index in [1.165, 1.54) is 19.2 Å². The summed E-state index contributed by atoms with van der Waals surface area (Å²) in [6.07, 6.45) is 2.08. The molecular formula is C33H36FN3O7S. The van der Waals surface area contributed by atoms with Crippen LogP contribution in [0.4, 0.5) is 4.39 Å². The van der Waals surface area contributed by atoms with Gasteiger partial charge in [0.1, 0.15) is 18.2 Å². The van der Waals surface area contributed by atoms with Gasteiger partial charge in [-0.15, -0.1) is 11.3 Å². The van der Waals surface area contributed by atoms with Crippen molar-refractivity contribution in [2.75, 3.05) is 33.5 Å². The largest absolute Gasteiger partial charge is 0.491 e. The normalized spacial score (nSPS) is 21.2. The molecule has 5 rings (SSSR count). The molecule has 10 nitrogen and oxygen atoms in total. The summed E-state index contributed by atoms with van der Waals surface area (Å²) in [5.41, 5.74) is 2.01. The number of esters is 1. The van der Waals surface area contributed by atoms with Gasteiger partial charge in [-0.25, -0.2) is 9.18 Å². The number of benzene rings is 2. The summed E-state index contributed by atoms with van der Waals surface area (Å²) in [4.78, 5) is 53.5. The quantitative estimate of drug-likeness (QED) is 0.418. The summed E-state index contributed by atoms with van der Waals surface area (Å²) >= 11 is 1.16. The van der Waals surface area contributed by atoms with Crippen LogP contribution in [-0.4, -0.2) is 80.2 Å². The van der Waals surface area contributed by atoms with E-state index < -0.39 is 23.7 Å². The fraction of sp³-hybridized carbons (Fsp3) is 0.394. The lowest BCUT2D eigenvalue weighted by Crippen LogP contribution is -2.44. The van der Waals surface area contributed by atoms with Crippen LogP contribution in [0.3, 0.4) is 0 Å². The molecule has 0 unspecified atom stereocenters. The van der Waals surface area contributed by atoms with Crippen molar-refractivity contribution in [3.8, 4) is 16.9 Å². The highest BCUT2D eigenvalue weighted by Gasteiger charge is 2.36. The number of nitrogens with one attached hydrogen (secondary N) is 2. The van der Waals surface area contributed by atoms with Gasteiger partial charge in [-0.05, 0) is 59.5 Å². The standard InChI is InChI=1S/C33H36FN3O7S/c1-42-33(41)28-19-43-10-6-5-9-31(39)37-17-25(35-30(38)11-21-7-3-2-4-8-21)16-26(37)18-44-27-13-22(12-24(34)15-27)23-14-29(45-20-23)32(40)36-28/h2-4,7-8,12-15,20,25-26,28H,5-6,9-11,16-19H2,1H3,(H,35,38)(H,36,40)/t25-,26-,28-/m0/s1. The number of ether oxygens (including phenoxy) is 3. The highest BCUT2D eigenvalue weighted by Crippen LogP contribution is 2.30. The molecule has 1 fully saturated rings. The number of rotatable bonds is 4. The zero-order chi connectivity index (χ0) is 31.8. The molecule has 0 radical (unpaired) electrons. The summed E-state index contributed by atoms with van der Waals surface area (Å²) in [7, 11) is 1.23. The SMILES string of the molecule is COC(=O)[C@@H]1COCCCCC(=O)N2C[C@@H](NC(=O)Cc3ccccc3)C[C@H]2COc2cc(F)cc(c2)-c2csc(c2)C(=O)N1. The van der Waals surface area contributed by atoms with Crippen molar-refractivity contribution in [2.24, 2.45) is 0 Å². The van der Waals surface area contributed by atoms with E-state index in [4.69, 9.17) is 14.2 Å². The van der Waals surface area contributed by atoms with Gasteiger partial charge in [0.15, 0.2) is 6.04 Å². The first-order valence-corrected chi connectivity index (χ1v) is 15.8. The number of amides is 3. The lowest BCUT2D eigenvalue weighted by Gasteiger charge is -2.25. The smallest absolute Gasteiger partial charge is 0.330 e. The third kappa shape index (κ3) is 8.67. The Morgan fingerprint density at radius 2 is 1.91 bits per heavy atom. The number of hydrogen-bond acceptors (Lipinski definition) is 8. The summed E-state index contributed by atoms with van der Waals surface area (Å²) in [6, 6.07) is 13.8. The van der Waals surface area contributed by atoms with Crippen molar-refractivity contribution in [1.29, 1.82) is 0 Å². The van der Waals surface area contributed by atoms with Crippen LogP contribution in [-0.2, 0) is 30.3 Å². The Kier molecular flexibility index (Phi) is 10.8. The number of carbonyl (C=O) groups excluding carboxylic acids is 4. The van der Waals surface area contributed by atoms with Crippen LogP contribution < -0.4 is 15.4 Å². The highest BCUT2D eigenvalue weighted by molar-refractivity contribution is 7.12. The van der Waals surface area contributed by atoms with Crippen molar-refractivity contribution in [2.45, 2.75) is 50.2 Å². The second-order valence-corrected chi connectivity index (χ2v) is 12.0. The Labute approximate surface area is 264 Å². The van der Waals surface area contributed by atoms with Gasteiger partial charge in [0, 0.05) is 31.7 Å². The number of halogens is 1. The molecule has 4 bridgehead atoms. The molecule has 2 aliphatic heterocycles. The number of fused-ring (bicyclic) bond motifs is 6. The van der Waals surface area contributed by atoms with Crippen LogP contribution in [0.2, 0.25) is 0 Å². The average Bonchev–Trinajstić information content (AvgIpc) is 3.68. The maximum atomic E-state index is 14.7.